The number of rotatable bonds is 2. The molecule has 0 saturated heterocycles. The molecule has 0 aliphatic heterocycles. The third-order valence-electron chi connectivity index (χ3n) is 3.65. The molecule has 0 spiro atoms. The second-order valence-corrected chi connectivity index (χ2v) is 5.35. The van der Waals surface area contributed by atoms with E-state index in [9.17, 15) is 4.79 Å². The maximum Gasteiger partial charge on any atom is 0.229 e. The fraction of sp³-hybridized carbons (Fsp3) is 0.667. The van der Waals surface area contributed by atoms with Crippen molar-refractivity contribution in [2.45, 2.75) is 40.0 Å². The molecule has 1 aromatic heterocycles. The maximum absolute atomic E-state index is 12.1. The van der Waals surface area contributed by atoms with Crippen LogP contribution >= 0.6 is 0 Å². The molecule has 16 heavy (non-hydrogen) atoms. The molecule has 1 saturated carbocycles. The topological polar surface area (TPSA) is 57.8 Å². The molecule has 1 aromatic rings. The van der Waals surface area contributed by atoms with Gasteiger partial charge in [-0.2, -0.15) is 5.10 Å². The second kappa shape index (κ2) is 3.92. The first-order valence-corrected chi connectivity index (χ1v) is 5.81. The van der Waals surface area contributed by atoms with E-state index in [2.05, 4.69) is 29.4 Å². The number of nitrogens with zero attached hydrogens (tertiary/aromatic N) is 1. The summed E-state index contributed by atoms with van der Waals surface area (Å²) in [6, 6.07) is 0. The number of aromatic nitrogens is 2. The molecule has 1 amide bonds. The predicted octanol–water partition coefficient (Wildman–Crippen LogP) is 2.48. The van der Waals surface area contributed by atoms with Gasteiger partial charge in [-0.3, -0.25) is 9.89 Å². The number of anilines is 1. The van der Waals surface area contributed by atoms with Gasteiger partial charge in [-0.15, -0.1) is 0 Å². The third-order valence-corrected chi connectivity index (χ3v) is 3.65. The molecule has 88 valence electrons. The van der Waals surface area contributed by atoms with E-state index < -0.39 is 0 Å². The van der Waals surface area contributed by atoms with Gasteiger partial charge < -0.3 is 5.32 Å². The zero-order valence-corrected chi connectivity index (χ0v) is 10.1. The summed E-state index contributed by atoms with van der Waals surface area (Å²) in [5, 5.41) is 9.63. The van der Waals surface area contributed by atoms with Crippen molar-refractivity contribution >= 4 is 11.7 Å². The summed E-state index contributed by atoms with van der Waals surface area (Å²) in [7, 11) is 0. The third kappa shape index (κ3) is 1.96. The zero-order chi connectivity index (χ0) is 11.8. The summed E-state index contributed by atoms with van der Waals surface area (Å²) < 4.78 is 0. The number of carbonyl (C=O) groups excluding carboxylic acids is 1. The summed E-state index contributed by atoms with van der Waals surface area (Å²) >= 11 is 0. The monoisotopic (exact) mass is 221 g/mol. The first kappa shape index (κ1) is 11.2. The van der Waals surface area contributed by atoms with E-state index in [0.29, 0.717) is 0 Å². The van der Waals surface area contributed by atoms with Crippen molar-refractivity contribution < 1.29 is 4.79 Å². The minimum Gasteiger partial charge on any atom is -0.311 e. The lowest BCUT2D eigenvalue weighted by molar-refractivity contribution is -0.122. The van der Waals surface area contributed by atoms with Crippen LogP contribution in [0.4, 0.5) is 5.82 Å². The molecule has 4 heteroatoms. The number of H-pyrrole nitrogens is 1. The van der Waals surface area contributed by atoms with Gasteiger partial charge in [0.05, 0.1) is 6.20 Å². The van der Waals surface area contributed by atoms with Gasteiger partial charge in [-0.1, -0.05) is 20.3 Å². The Kier molecular flexibility index (Phi) is 2.74. The van der Waals surface area contributed by atoms with Crippen LogP contribution in [0.2, 0.25) is 0 Å². The SMILES string of the molecule is Cc1cn[nH]c1NC(=O)C1CCCC1(C)C. The fourth-order valence-corrected chi connectivity index (χ4v) is 2.50. The summed E-state index contributed by atoms with van der Waals surface area (Å²) in [6.07, 6.45) is 4.99. The highest BCUT2D eigenvalue weighted by Crippen LogP contribution is 2.42. The molecule has 1 aliphatic rings. The van der Waals surface area contributed by atoms with Gasteiger partial charge in [0.25, 0.3) is 0 Å². The van der Waals surface area contributed by atoms with Gasteiger partial charge in [-0.25, -0.2) is 0 Å². The molecule has 2 rings (SSSR count). The van der Waals surface area contributed by atoms with E-state index in [1.807, 2.05) is 6.92 Å². The molecule has 1 aliphatic carbocycles. The number of aromatic amines is 1. The molecule has 0 radical (unpaired) electrons. The van der Waals surface area contributed by atoms with Crippen molar-refractivity contribution in [2.75, 3.05) is 5.32 Å². The highest BCUT2D eigenvalue weighted by atomic mass is 16.2. The largest absolute Gasteiger partial charge is 0.311 e. The number of aryl methyl sites for hydroxylation is 1. The van der Waals surface area contributed by atoms with Crippen LogP contribution in [0, 0.1) is 18.3 Å². The highest BCUT2D eigenvalue weighted by Gasteiger charge is 2.39. The van der Waals surface area contributed by atoms with E-state index >= 15 is 0 Å². The van der Waals surface area contributed by atoms with Gasteiger partial charge in [-0.05, 0) is 25.2 Å². The van der Waals surface area contributed by atoms with E-state index in [0.717, 1.165) is 30.6 Å². The molecule has 1 atom stereocenters. The van der Waals surface area contributed by atoms with Gasteiger partial charge in [0.2, 0.25) is 5.91 Å². The van der Waals surface area contributed by atoms with Crippen molar-refractivity contribution in [3.05, 3.63) is 11.8 Å². The molecule has 2 N–H and O–H groups in total. The minimum atomic E-state index is 0.120. The van der Waals surface area contributed by atoms with Gasteiger partial charge in [0.15, 0.2) is 0 Å². The average Bonchev–Trinajstić information content (AvgIpc) is 2.73. The molecule has 1 unspecified atom stereocenters. The van der Waals surface area contributed by atoms with Crippen LogP contribution in [0.3, 0.4) is 0 Å². The van der Waals surface area contributed by atoms with Crippen LogP contribution in [-0.2, 0) is 4.79 Å². The molecule has 0 aromatic carbocycles. The number of hydrogen-bond donors (Lipinski definition) is 2. The molecular formula is C12H19N3O. The van der Waals surface area contributed by atoms with Crippen molar-refractivity contribution in [3.8, 4) is 0 Å². The Balaban J connectivity index is 2.07. The predicted molar refractivity (Wildman–Crippen MR) is 63.1 cm³/mol. The lowest BCUT2D eigenvalue weighted by Crippen LogP contribution is -2.31. The van der Waals surface area contributed by atoms with Crippen LogP contribution in [0.25, 0.3) is 0 Å². The summed E-state index contributed by atoms with van der Waals surface area (Å²) in [4.78, 5) is 12.1. The Morgan fingerprint density at radius 3 is 2.88 bits per heavy atom. The fourth-order valence-electron chi connectivity index (χ4n) is 2.50. The van der Waals surface area contributed by atoms with Gasteiger partial charge in [0.1, 0.15) is 5.82 Å². The normalized spacial score (nSPS) is 23.3. The van der Waals surface area contributed by atoms with Gasteiger partial charge >= 0.3 is 0 Å². The first-order valence-electron chi connectivity index (χ1n) is 5.81. The lowest BCUT2D eigenvalue weighted by Gasteiger charge is -2.25. The van der Waals surface area contributed by atoms with Crippen molar-refractivity contribution in [1.29, 1.82) is 0 Å². The zero-order valence-electron chi connectivity index (χ0n) is 10.1. The smallest absolute Gasteiger partial charge is 0.229 e. The average molecular weight is 221 g/mol. The standard InChI is InChI=1S/C12H19N3O/c1-8-7-13-15-10(8)14-11(16)9-5-4-6-12(9,2)3/h7,9H,4-6H2,1-3H3,(H2,13,14,15,16). The first-order chi connectivity index (χ1) is 7.50. The summed E-state index contributed by atoms with van der Waals surface area (Å²) in [5.74, 6) is 0.970. The maximum atomic E-state index is 12.1. The highest BCUT2D eigenvalue weighted by molar-refractivity contribution is 5.92. The Morgan fingerprint density at radius 2 is 2.38 bits per heavy atom. The van der Waals surface area contributed by atoms with E-state index in [1.54, 1.807) is 6.20 Å². The molecule has 0 bridgehead atoms. The molecular weight excluding hydrogens is 202 g/mol. The Labute approximate surface area is 95.8 Å². The van der Waals surface area contributed by atoms with E-state index in [1.165, 1.54) is 0 Å². The Morgan fingerprint density at radius 1 is 1.62 bits per heavy atom. The molecule has 1 heterocycles. The van der Waals surface area contributed by atoms with Crippen molar-refractivity contribution in [1.82, 2.24) is 10.2 Å². The minimum absolute atomic E-state index is 0.120. The van der Waals surface area contributed by atoms with Crippen LogP contribution in [0.15, 0.2) is 6.20 Å². The number of carbonyl (C=O) groups is 1. The Hall–Kier alpha value is -1.32. The summed E-state index contributed by atoms with van der Waals surface area (Å²) in [5.41, 5.74) is 1.10. The number of hydrogen-bond acceptors (Lipinski definition) is 2. The van der Waals surface area contributed by atoms with E-state index in [-0.39, 0.29) is 17.2 Å². The van der Waals surface area contributed by atoms with Crippen LogP contribution in [-0.4, -0.2) is 16.1 Å². The second-order valence-electron chi connectivity index (χ2n) is 5.35. The quantitative estimate of drug-likeness (QED) is 0.806. The summed E-state index contributed by atoms with van der Waals surface area (Å²) in [6.45, 7) is 6.27. The van der Waals surface area contributed by atoms with Crippen LogP contribution < -0.4 is 5.32 Å². The van der Waals surface area contributed by atoms with E-state index in [4.69, 9.17) is 0 Å². The Bertz CT molecular complexity index is 395. The van der Waals surface area contributed by atoms with Crippen LogP contribution in [0.5, 0.6) is 0 Å². The van der Waals surface area contributed by atoms with Crippen molar-refractivity contribution in [3.63, 3.8) is 0 Å². The van der Waals surface area contributed by atoms with Crippen molar-refractivity contribution in [2.24, 2.45) is 11.3 Å². The molecule has 1 fully saturated rings. The van der Waals surface area contributed by atoms with Crippen LogP contribution in [0.1, 0.15) is 38.7 Å². The number of amides is 1. The van der Waals surface area contributed by atoms with Gasteiger partial charge in [0, 0.05) is 11.5 Å². The lowest BCUT2D eigenvalue weighted by atomic mass is 9.81. The molecule has 4 nitrogen and oxygen atoms in total. The number of nitrogens with one attached hydrogen (secondary N) is 2.